The van der Waals surface area contributed by atoms with Crippen molar-refractivity contribution in [3.8, 4) is 0 Å². The number of thioether (sulfide) groups is 1. The van der Waals surface area contributed by atoms with Crippen LogP contribution >= 0.6 is 11.8 Å². The average Bonchev–Trinajstić information content (AvgIpc) is 0.833. The maximum Gasteiger partial charge on any atom is 0.338 e. The molecule has 0 saturated heterocycles. The highest BCUT2D eigenvalue weighted by atomic mass is 32.2. The van der Waals surface area contributed by atoms with E-state index in [1.54, 1.807) is 31.2 Å². The molecule has 0 bridgehead atoms. The van der Waals surface area contributed by atoms with Crippen molar-refractivity contribution in [1.29, 1.82) is 0 Å². The number of nitrogens with two attached hydrogens (primary N) is 1. The fraction of sp³-hybridized carbons (Fsp3) is 0.398. The number of carbonyl (C=O) groups is 10. The molecule has 0 spiro atoms. The number of amides is 4. The van der Waals surface area contributed by atoms with Crippen molar-refractivity contribution in [1.82, 2.24) is 21.3 Å². The minimum Gasteiger partial charge on any atom is -0.379 e. The third-order valence-electron chi connectivity index (χ3n) is 24.1. The summed E-state index contributed by atoms with van der Waals surface area (Å²) in [4.78, 5) is 166. The standard InChI is InChI=1S/C108H129N7O17S/c1-8-75(4)96(116)36-25-58-128-59-60-129-73-101(121)110-94(63-83-47-43-80(44-48-83)41-39-78-26-15-10-16-27-78)98(118)68-92(72-130-70-85-32-21-13-22-33-85)107(124)113-103(77(6)131-71-86-34-23-14-24-35-86)100(120)67-91(69-109)106(123)111-95(64-84-49-45-81(46-50-84)42-40-79-28-17-11-18-29-79)97(117)66-90(62-82-30-19-12-20-31-82)105(122)112-102(76(5)9-2)99(119)65-89(57-61-133-7)108(125)132-114-104(87-51-37-74(3)38-52-87)88-53-55-93(56-54-88)115(126)127/h10-24,26-35,37-38,43-56,75-77,89-92,94-95,102-103H,8-9,25,36,39-42,57-73,109H2,1-7H3,(H,110,121)(H,111,123)(H,112,122)(H,113,124)/b114-104-/t75-,76?,77?,89+,90+,91-,92-,94-,95-,102-,103-/m0/s1. The molecule has 0 aromatic heterocycles. The third kappa shape index (κ3) is 36.1. The number of non-ortho nitro benzene ring substituents is 1. The molecule has 0 heterocycles. The summed E-state index contributed by atoms with van der Waals surface area (Å²) in [7, 11) is 0. The van der Waals surface area contributed by atoms with Gasteiger partial charge in [0.1, 0.15) is 24.1 Å². The Morgan fingerprint density at radius 3 is 1.40 bits per heavy atom. The fourth-order valence-corrected chi connectivity index (χ4v) is 16.0. The van der Waals surface area contributed by atoms with Gasteiger partial charge in [-0.1, -0.05) is 269 Å². The van der Waals surface area contributed by atoms with Crippen molar-refractivity contribution in [3.63, 3.8) is 0 Å². The summed E-state index contributed by atoms with van der Waals surface area (Å²) in [6, 6.07) is 70.8. The number of ether oxygens (including phenoxy) is 4. The molecule has 0 saturated carbocycles. The highest BCUT2D eigenvalue weighted by Crippen LogP contribution is 2.27. The first-order chi connectivity index (χ1) is 64.4. The van der Waals surface area contributed by atoms with Gasteiger partial charge in [0, 0.05) is 80.4 Å². The molecule has 25 heteroatoms. The molecule has 0 radical (unpaired) electrons. The summed E-state index contributed by atoms with van der Waals surface area (Å²) in [6.45, 7) is 10.5. The van der Waals surface area contributed by atoms with Crippen molar-refractivity contribution in [2.75, 3.05) is 51.6 Å². The van der Waals surface area contributed by atoms with Gasteiger partial charge in [0.25, 0.3) is 5.69 Å². The molecule has 6 N–H and O–H groups in total. The lowest BCUT2D eigenvalue weighted by molar-refractivity contribution is -0.384. The number of aryl methyl sites for hydroxylation is 5. The van der Waals surface area contributed by atoms with Crippen LogP contribution in [0.5, 0.6) is 0 Å². The van der Waals surface area contributed by atoms with E-state index in [-0.39, 0.29) is 88.2 Å². The van der Waals surface area contributed by atoms with E-state index in [4.69, 9.17) is 29.5 Å². The number of nitro groups is 1. The van der Waals surface area contributed by atoms with Gasteiger partial charge in [-0.3, -0.25) is 53.3 Å². The van der Waals surface area contributed by atoms with Gasteiger partial charge in [0.15, 0.2) is 23.1 Å². The largest absolute Gasteiger partial charge is 0.379 e. The molecule has 0 aliphatic rings. The SMILES string of the molecule is CCC(C)[C@H](NC(=O)[C@@H](CC(=O)[C@H](Cc1ccc(CCc2ccccc2)cc1)NC(=O)[C@H](CN)CC(=O)[C@@H](NC(=O)[C@H](COCc1ccccc1)CC(=O)[C@H](Cc1ccc(CCc2ccccc2)cc1)NC(=O)COCCOCCCC(=O)[C@@H](C)CC)C(C)OCc1ccccc1)Cc1ccccc1)C(=O)C[C@@H](CCSC)C(=O)O/N=C(/c1ccc(C)cc1)c1ccc([N+](=O)[O-])cc1. The molecule has 0 aliphatic carbocycles. The number of benzene rings is 9. The smallest absolute Gasteiger partial charge is 0.338 e. The van der Waals surface area contributed by atoms with Crippen LogP contribution in [-0.2, 0) is 130 Å². The zero-order valence-corrected chi connectivity index (χ0v) is 78.3. The molecular weight excluding hydrogens is 1700 g/mol. The number of oxime groups is 1. The van der Waals surface area contributed by atoms with Crippen LogP contribution in [0.2, 0.25) is 0 Å². The van der Waals surface area contributed by atoms with Crippen LogP contribution in [0.15, 0.2) is 254 Å². The molecule has 0 fully saturated rings. The molecule has 9 aromatic rings. The molecule has 4 amide bonds. The van der Waals surface area contributed by atoms with Gasteiger partial charge in [-0.15, -0.1) is 0 Å². The van der Waals surface area contributed by atoms with Crippen LogP contribution in [0.4, 0.5) is 5.69 Å². The number of Topliss-reactive ketones (excluding diaryl/α,β-unsaturated/α-hetero) is 5. The van der Waals surface area contributed by atoms with Crippen LogP contribution in [0.25, 0.3) is 0 Å². The Bertz CT molecular complexity index is 5170. The Morgan fingerprint density at radius 2 is 0.880 bits per heavy atom. The molecule has 9 aromatic carbocycles. The van der Waals surface area contributed by atoms with Crippen molar-refractivity contribution < 1.29 is 76.7 Å². The topological polar surface area (TPSA) is 346 Å². The molecule has 704 valence electrons. The Morgan fingerprint density at radius 1 is 0.444 bits per heavy atom. The van der Waals surface area contributed by atoms with Gasteiger partial charge in [0.05, 0.1) is 79.9 Å². The number of nitrogens with one attached hydrogen (secondary N) is 4. The molecule has 11 atom stereocenters. The maximum atomic E-state index is 15.7. The third-order valence-corrected chi connectivity index (χ3v) is 24.7. The summed E-state index contributed by atoms with van der Waals surface area (Å²) < 4.78 is 24.2. The first-order valence-corrected chi connectivity index (χ1v) is 47.6. The van der Waals surface area contributed by atoms with Gasteiger partial charge in [-0.05, 0) is 158 Å². The minimum absolute atomic E-state index is 0.00879. The van der Waals surface area contributed by atoms with Gasteiger partial charge in [0.2, 0.25) is 23.6 Å². The summed E-state index contributed by atoms with van der Waals surface area (Å²) in [5.41, 5.74) is 16.6. The number of carbonyl (C=O) groups excluding carboxylic acids is 10. The molecular formula is C108H129N7O17S. The zero-order valence-electron chi connectivity index (χ0n) is 77.5. The Kier molecular flexibility index (Phi) is 44.6. The number of ketones is 5. The summed E-state index contributed by atoms with van der Waals surface area (Å²) in [5.74, 6) is -10.6. The zero-order chi connectivity index (χ0) is 95.2. The number of nitrogens with zero attached hydrogens (tertiary/aromatic N) is 2. The van der Waals surface area contributed by atoms with Crippen molar-refractivity contribution in [3.05, 3.63) is 326 Å². The van der Waals surface area contributed by atoms with Crippen LogP contribution in [-0.4, -0.2) is 151 Å². The highest BCUT2D eigenvalue weighted by Gasteiger charge is 2.39. The maximum absolute atomic E-state index is 15.7. The van der Waals surface area contributed by atoms with E-state index in [9.17, 15) is 24.5 Å². The van der Waals surface area contributed by atoms with E-state index >= 15 is 33.6 Å². The Labute approximate surface area is 786 Å². The van der Waals surface area contributed by atoms with E-state index < -0.39 is 150 Å². The second-order valence-corrected chi connectivity index (χ2v) is 35.3. The summed E-state index contributed by atoms with van der Waals surface area (Å²) in [6.07, 6.45) is 4.18. The van der Waals surface area contributed by atoms with E-state index in [0.29, 0.717) is 60.3 Å². The number of hydrogen-bond donors (Lipinski definition) is 5. The summed E-state index contributed by atoms with van der Waals surface area (Å²) >= 11 is 1.46. The lowest BCUT2D eigenvalue weighted by Gasteiger charge is -2.29. The second kappa shape index (κ2) is 56.7. The van der Waals surface area contributed by atoms with Crippen molar-refractivity contribution >= 4 is 81.7 Å². The molecule has 133 heavy (non-hydrogen) atoms. The van der Waals surface area contributed by atoms with Gasteiger partial charge < -0.3 is 50.8 Å². The van der Waals surface area contributed by atoms with Crippen LogP contribution < -0.4 is 27.0 Å². The van der Waals surface area contributed by atoms with E-state index in [1.807, 2.05) is 217 Å². The molecule has 0 aliphatic heterocycles. The minimum atomic E-state index is -1.50. The number of hydrogen-bond acceptors (Lipinski definition) is 20. The van der Waals surface area contributed by atoms with E-state index in [2.05, 4.69) is 50.7 Å². The second-order valence-electron chi connectivity index (χ2n) is 34.3. The van der Waals surface area contributed by atoms with Gasteiger partial charge in [-0.25, -0.2) is 4.79 Å². The van der Waals surface area contributed by atoms with Crippen LogP contribution in [0.1, 0.15) is 159 Å². The predicted molar refractivity (Wildman–Crippen MR) is 518 cm³/mol. The quantitative estimate of drug-likeness (QED) is 0.00777. The van der Waals surface area contributed by atoms with E-state index in [0.717, 1.165) is 64.6 Å². The fourth-order valence-electron chi connectivity index (χ4n) is 15.4. The first-order valence-electron chi connectivity index (χ1n) is 46.2. The monoisotopic (exact) mass is 1830 g/mol. The number of nitro benzene ring substituents is 1. The highest BCUT2D eigenvalue weighted by molar-refractivity contribution is 7.98. The van der Waals surface area contributed by atoms with Crippen molar-refractivity contribution in [2.45, 2.75) is 188 Å². The van der Waals surface area contributed by atoms with Crippen molar-refractivity contribution in [2.24, 2.45) is 46.4 Å². The Balaban J connectivity index is 0.976. The lowest BCUT2D eigenvalue weighted by atomic mass is 9.86. The number of rotatable bonds is 61. The van der Waals surface area contributed by atoms with E-state index in [1.165, 1.54) is 41.6 Å². The predicted octanol–water partition coefficient (Wildman–Crippen LogP) is 15.7. The average molecular weight is 1830 g/mol. The van der Waals surface area contributed by atoms with Gasteiger partial charge in [-0.2, -0.15) is 11.8 Å². The Hall–Kier alpha value is -12.1. The first kappa shape index (κ1) is 105. The summed E-state index contributed by atoms with van der Waals surface area (Å²) in [5, 5.41) is 27.8. The van der Waals surface area contributed by atoms with Crippen LogP contribution in [0.3, 0.4) is 0 Å². The lowest BCUT2D eigenvalue weighted by Crippen LogP contribution is -2.53. The van der Waals surface area contributed by atoms with Gasteiger partial charge >= 0.3 is 5.97 Å². The molecule has 2 unspecified atom stereocenters. The van der Waals surface area contributed by atoms with Crippen LogP contribution in [0, 0.1) is 52.5 Å². The normalized spacial score (nSPS) is 13.9. The molecule has 9 rings (SSSR count). The molecule has 24 nitrogen and oxygen atoms in total.